The first kappa shape index (κ1) is 18.0. The van der Waals surface area contributed by atoms with Crippen LogP contribution in [-0.4, -0.2) is 40.5 Å². The number of nitrogens with zero attached hydrogens (tertiary/aromatic N) is 4. The van der Waals surface area contributed by atoms with Crippen LogP contribution in [0.1, 0.15) is 18.4 Å². The summed E-state index contributed by atoms with van der Waals surface area (Å²) in [6.45, 7) is 5.16. The molecule has 0 spiro atoms. The molecule has 6 nitrogen and oxygen atoms in total. The molecule has 0 radical (unpaired) electrons. The van der Waals surface area contributed by atoms with Crippen LogP contribution in [0.25, 0.3) is 11.1 Å². The fraction of sp³-hybridized carbons (Fsp3) is 0.316. The molecular formula is C19H21FN4O2. The summed E-state index contributed by atoms with van der Waals surface area (Å²) >= 11 is 0. The average molecular weight is 356 g/mol. The second-order valence-electron chi connectivity index (χ2n) is 5.94. The average Bonchev–Trinajstić information content (AvgIpc) is 2.69. The zero-order chi connectivity index (χ0) is 18.4. The number of hydrogen-bond donors (Lipinski definition) is 1. The first-order chi connectivity index (χ1) is 12.7. The fourth-order valence-electron chi connectivity index (χ4n) is 2.79. The van der Waals surface area contributed by atoms with E-state index in [0.29, 0.717) is 23.7 Å². The van der Waals surface area contributed by atoms with E-state index in [0.717, 1.165) is 31.6 Å². The van der Waals surface area contributed by atoms with Crippen molar-refractivity contribution >= 4 is 11.7 Å². The van der Waals surface area contributed by atoms with E-state index < -0.39 is 5.82 Å². The maximum Gasteiger partial charge on any atom is 0.225 e. The van der Waals surface area contributed by atoms with Crippen molar-refractivity contribution in [3.63, 3.8) is 0 Å². The van der Waals surface area contributed by atoms with E-state index >= 15 is 0 Å². The van der Waals surface area contributed by atoms with Crippen molar-refractivity contribution in [2.75, 3.05) is 24.6 Å². The lowest BCUT2D eigenvalue weighted by atomic mass is 10.1. The van der Waals surface area contributed by atoms with E-state index in [1.54, 1.807) is 36.7 Å². The summed E-state index contributed by atoms with van der Waals surface area (Å²) in [7, 11) is 0. The zero-order valence-electron chi connectivity index (χ0n) is 14.4. The third kappa shape index (κ3) is 4.05. The highest BCUT2D eigenvalue weighted by Crippen LogP contribution is 2.25. The van der Waals surface area contributed by atoms with Crippen molar-refractivity contribution in [1.82, 2.24) is 9.97 Å². The maximum atomic E-state index is 14.3. The predicted octanol–water partition coefficient (Wildman–Crippen LogP) is 2.93. The summed E-state index contributed by atoms with van der Waals surface area (Å²) < 4.78 is 14.3. The van der Waals surface area contributed by atoms with E-state index in [2.05, 4.69) is 26.6 Å². The van der Waals surface area contributed by atoms with Crippen LogP contribution in [0.3, 0.4) is 0 Å². The first-order valence-electron chi connectivity index (χ1n) is 8.47. The Balaban J connectivity index is 1.67. The summed E-state index contributed by atoms with van der Waals surface area (Å²) in [6.07, 6.45) is 6.45. The summed E-state index contributed by atoms with van der Waals surface area (Å²) in [4.78, 5) is 15.9. The number of aromatic nitrogens is 2. The third-order valence-electron chi connectivity index (χ3n) is 4.21. The molecule has 0 atom stereocenters. The first-order valence-corrected chi connectivity index (χ1v) is 8.47. The molecule has 0 aliphatic carbocycles. The number of benzene rings is 1. The lowest BCUT2D eigenvalue weighted by Gasteiger charge is -2.27. The topological polar surface area (TPSA) is 70.8 Å². The molecule has 1 fully saturated rings. The van der Waals surface area contributed by atoms with Crippen LogP contribution in [0.2, 0.25) is 0 Å². The van der Waals surface area contributed by atoms with Crippen molar-refractivity contribution in [3.05, 3.63) is 54.6 Å². The van der Waals surface area contributed by atoms with Gasteiger partial charge in [0.25, 0.3) is 0 Å². The van der Waals surface area contributed by atoms with E-state index in [9.17, 15) is 9.50 Å². The number of oxime groups is 1. The Hall–Kier alpha value is -2.80. The van der Waals surface area contributed by atoms with Crippen molar-refractivity contribution < 1.29 is 14.3 Å². The van der Waals surface area contributed by atoms with Crippen LogP contribution < -0.4 is 4.90 Å². The maximum absolute atomic E-state index is 14.3. The highest BCUT2D eigenvalue weighted by Gasteiger charge is 2.18. The van der Waals surface area contributed by atoms with Crippen LogP contribution in [0, 0.1) is 5.82 Å². The normalized spacial score (nSPS) is 14.2. The third-order valence-corrected chi connectivity index (χ3v) is 4.21. The van der Waals surface area contributed by atoms with Gasteiger partial charge in [-0.2, -0.15) is 0 Å². The molecule has 26 heavy (non-hydrogen) atoms. The van der Waals surface area contributed by atoms with Gasteiger partial charge in [-0.15, -0.1) is 0 Å². The van der Waals surface area contributed by atoms with Crippen LogP contribution in [0.5, 0.6) is 0 Å². The van der Waals surface area contributed by atoms with Gasteiger partial charge in [0, 0.05) is 55.0 Å². The molecule has 0 saturated carbocycles. The molecule has 1 aliphatic rings. The number of piperidine rings is 1. The van der Waals surface area contributed by atoms with E-state index in [1.165, 1.54) is 0 Å². The molecular weight excluding hydrogens is 335 g/mol. The molecule has 1 aromatic heterocycles. The number of halogens is 1. The highest BCUT2D eigenvalue weighted by atomic mass is 19.1. The Morgan fingerprint density at radius 1 is 1.27 bits per heavy atom. The molecule has 2 aromatic rings. The SMILES string of the molecule is C=CCON=C1CCN(c2ncc(-c3cccc(CO)c3F)cn2)CC1. The van der Waals surface area contributed by atoms with Gasteiger partial charge in [-0.3, -0.25) is 0 Å². The zero-order valence-corrected chi connectivity index (χ0v) is 14.4. The Labute approximate surface area is 151 Å². The van der Waals surface area contributed by atoms with Gasteiger partial charge >= 0.3 is 0 Å². The van der Waals surface area contributed by atoms with Crippen molar-refractivity contribution in [2.24, 2.45) is 5.16 Å². The Morgan fingerprint density at radius 2 is 2.00 bits per heavy atom. The lowest BCUT2D eigenvalue weighted by molar-refractivity contribution is 0.173. The Bertz CT molecular complexity index is 783. The number of hydrogen-bond acceptors (Lipinski definition) is 6. The summed E-state index contributed by atoms with van der Waals surface area (Å²) in [5, 5.41) is 13.3. The predicted molar refractivity (Wildman–Crippen MR) is 98.4 cm³/mol. The van der Waals surface area contributed by atoms with Crippen molar-refractivity contribution in [2.45, 2.75) is 19.4 Å². The quantitative estimate of drug-likeness (QED) is 0.490. The summed E-state index contributed by atoms with van der Waals surface area (Å²) in [5.41, 5.74) is 2.24. The molecule has 1 aromatic carbocycles. The van der Waals surface area contributed by atoms with Gasteiger partial charge < -0.3 is 14.8 Å². The molecule has 1 saturated heterocycles. The largest absolute Gasteiger partial charge is 0.392 e. The lowest BCUT2D eigenvalue weighted by Crippen LogP contribution is -2.35. The minimum Gasteiger partial charge on any atom is -0.392 e. The smallest absolute Gasteiger partial charge is 0.225 e. The molecule has 1 aliphatic heterocycles. The van der Waals surface area contributed by atoms with Gasteiger partial charge in [0.1, 0.15) is 12.4 Å². The highest BCUT2D eigenvalue weighted by molar-refractivity contribution is 5.86. The Kier molecular flexibility index (Phi) is 5.91. The molecule has 0 unspecified atom stereocenters. The van der Waals surface area contributed by atoms with Crippen molar-refractivity contribution in [3.8, 4) is 11.1 Å². The van der Waals surface area contributed by atoms with Gasteiger partial charge in [0.2, 0.25) is 5.95 Å². The number of aliphatic hydroxyl groups excluding tert-OH is 1. The second kappa shape index (κ2) is 8.53. The standard InChI is InChI=1S/C19H21FN4O2/c1-2-10-26-23-16-6-8-24(9-7-16)19-21-11-15(12-22-19)17-5-3-4-14(13-25)18(17)20/h2-5,11-12,25H,1,6-10,13H2. The van der Waals surface area contributed by atoms with Gasteiger partial charge in [-0.25, -0.2) is 14.4 Å². The van der Waals surface area contributed by atoms with Crippen LogP contribution in [-0.2, 0) is 11.4 Å². The van der Waals surface area contributed by atoms with Gasteiger partial charge in [0.15, 0.2) is 0 Å². The number of aliphatic hydroxyl groups is 1. The number of anilines is 1. The molecule has 2 heterocycles. The van der Waals surface area contributed by atoms with E-state index in [1.807, 2.05) is 0 Å². The molecule has 0 amide bonds. The Morgan fingerprint density at radius 3 is 2.65 bits per heavy atom. The molecule has 1 N–H and O–H groups in total. The number of rotatable bonds is 6. The van der Waals surface area contributed by atoms with Gasteiger partial charge in [0.05, 0.1) is 12.3 Å². The monoisotopic (exact) mass is 356 g/mol. The van der Waals surface area contributed by atoms with Crippen LogP contribution in [0.15, 0.2) is 48.4 Å². The van der Waals surface area contributed by atoms with Crippen LogP contribution >= 0.6 is 0 Å². The fourth-order valence-corrected chi connectivity index (χ4v) is 2.79. The van der Waals surface area contributed by atoms with E-state index in [4.69, 9.17) is 4.84 Å². The van der Waals surface area contributed by atoms with E-state index in [-0.39, 0.29) is 12.2 Å². The molecule has 7 heteroatoms. The molecule has 3 rings (SSSR count). The summed E-state index contributed by atoms with van der Waals surface area (Å²) in [6, 6.07) is 4.91. The van der Waals surface area contributed by atoms with Crippen LogP contribution in [0.4, 0.5) is 10.3 Å². The second-order valence-corrected chi connectivity index (χ2v) is 5.94. The minimum atomic E-state index is -0.440. The van der Waals surface area contributed by atoms with Gasteiger partial charge in [-0.05, 0) is 0 Å². The minimum absolute atomic E-state index is 0.257. The molecule has 0 bridgehead atoms. The van der Waals surface area contributed by atoms with Crippen molar-refractivity contribution in [1.29, 1.82) is 0 Å². The van der Waals surface area contributed by atoms with Gasteiger partial charge in [-0.1, -0.05) is 36.0 Å². The molecule has 136 valence electrons. The summed E-state index contributed by atoms with van der Waals surface area (Å²) in [5.74, 6) is 0.170.